The van der Waals surface area contributed by atoms with Gasteiger partial charge in [0.15, 0.2) is 5.78 Å². The minimum atomic E-state index is -1.53. The van der Waals surface area contributed by atoms with Gasteiger partial charge in [0.05, 0.1) is 25.7 Å². The minimum absolute atomic E-state index is 0.00382. The number of ketones is 2. The van der Waals surface area contributed by atoms with Gasteiger partial charge in [-0.2, -0.15) is 0 Å². The highest BCUT2D eigenvalue weighted by atomic mass is 16.4. The van der Waals surface area contributed by atoms with E-state index in [-0.39, 0.29) is 140 Å². The van der Waals surface area contributed by atoms with E-state index in [1.165, 1.54) is 20.8 Å². The smallest absolute Gasteiger partial charge is 0.326 e. The Bertz CT molecular complexity index is 3010. The standard InChI is InChI=1S/C68H101N9O23/c1-44(2)49-38-46(22-25-55(49)79)39-53(70-58(82)26-24-54(67(98)99)77-35-33-75(42-61(87)88)31-29-74(41-60(85)86)30-32-76(34-36-77)43-62(89)90)56(80)40-47(37-45-15-7-5-8-16-45)63(91)71-50(64(92)93)20-13-14-28-69-57(81)21-12-4-3-9-17-48(78)18-10-6-11-19-51(65(94)95)72-68(100)73-52(66(96)97)23-27-59(83)84/h5,7-8,15-16,22,25,38,44,47,50-54,79H,3-4,6,9-14,17-21,23-24,26-37,39-43H2,1-2H3,(H,69,81)(H,70,82)(H,71,91)(H,83,84)(H,85,86)(H,87,88)(H,89,90)(H,92,93)(H,94,95)(H,96,97)(H,98,99)(H2,72,73,100)/t47-,50+,51-,52-,53+,54+/m0/s1. The van der Waals surface area contributed by atoms with Gasteiger partial charge in [-0.3, -0.25) is 67.5 Å². The van der Waals surface area contributed by atoms with Crippen LogP contribution >= 0.6 is 0 Å². The lowest BCUT2D eigenvalue weighted by Crippen LogP contribution is -2.52. The summed E-state index contributed by atoms with van der Waals surface area (Å²) in [6.45, 7) is 2.89. The molecule has 0 unspecified atom stereocenters. The van der Waals surface area contributed by atoms with E-state index < -0.39 is 146 Å². The van der Waals surface area contributed by atoms with Gasteiger partial charge in [-0.15, -0.1) is 0 Å². The summed E-state index contributed by atoms with van der Waals surface area (Å²) in [5.41, 5.74) is 1.71. The van der Waals surface area contributed by atoms with Crippen molar-refractivity contribution in [3.63, 3.8) is 0 Å². The first-order chi connectivity index (χ1) is 47.4. The van der Waals surface area contributed by atoms with E-state index in [0.717, 1.165) is 0 Å². The summed E-state index contributed by atoms with van der Waals surface area (Å²) in [5, 5.41) is 101. The Labute approximate surface area is 580 Å². The molecule has 14 N–H and O–H groups in total. The molecule has 0 aromatic heterocycles. The largest absolute Gasteiger partial charge is 0.508 e. The molecule has 6 atom stereocenters. The maximum Gasteiger partial charge on any atom is 0.326 e. The Morgan fingerprint density at radius 1 is 0.440 bits per heavy atom. The molecule has 0 spiro atoms. The minimum Gasteiger partial charge on any atom is -0.508 e. The van der Waals surface area contributed by atoms with Crippen molar-refractivity contribution in [1.29, 1.82) is 0 Å². The van der Waals surface area contributed by atoms with Crippen LogP contribution in [0.3, 0.4) is 0 Å². The first kappa shape index (κ1) is 85.1. The summed E-state index contributed by atoms with van der Waals surface area (Å²) >= 11 is 0. The third-order valence-corrected chi connectivity index (χ3v) is 17.1. The summed E-state index contributed by atoms with van der Waals surface area (Å²) in [5.74, 6) is -14.0. The number of unbranched alkanes of at least 4 members (excludes halogenated alkanes) is 6. The third-order valence-electron chi connectivity index (χ3n) is 17.1. The van der Waals surface area contributed by atoms with Crippen molar-refractivity contribution >= 4 is 83.1 Å². The van der Waals surface area contributed by atoms with Gasteiger partial charge < -0.3 is 72.5 Å². The van der Waals surface area contributed by atoms with E-state index in [2.05, 4.69) is 26.6 Å². The van der Waals surface area contributed by atoms with E-state index in [9.17, 15) is 108 Å². The molecule has 5 amide bonds. The van der Waals surface area contributed by atoms with E-state index >= 15 is 0 Å². The van der Waals surface area contributed by atoms with Crippen molar-refractivity contribution in [3.05, 3.63) is 65.2 Å². The summed E-state index contributed by atoms with van der Waals surface area (Å²) in [7, 11) is 0. The molecule has 556 valence electrons. The van der Waals surface area contributed by atoms with E-state index in [1.807, 2.05) is 13.8 Å². The van der Waals surface area contributed by atoms with Crippen LogP contribution in [0.15, 0.2) is 48.5 Å². The molecular formula is C68H101N9O23. The summed E-state index contributed by atoms with van der Waals surface area (Å²) in [4.78, 5) is 182. The number of aliphatic carboxylic acids is 8. The summed E-state index contributed by atoms with van der Waals surface area (Å²) in [6.07, 6.45) is 2.84. The second kappa shape index (κ2) is 46.3. The van der Waals surface area contributed by atoms with Crippen molar-refractivity contribution < 1.29 is 113 Å². The molecule has 32 nitrogen and oxygen atoms in total. The fraction of sp³-hybridized carbons (Fsp3) is 0.618. The van der Waals surface area contributed by atoms with E-state index in [1.54, 1.807) is 47.4 Å². The number of carbonyl (C=O) groups excluding carboxylic acids is 6. The van der Waals surface area contributed by atoms with Gasteiger partial charge in [0, 0.05) is 103 Å². The third kappa shape index (κ3) is 35.6. The molecule has 0 aliphatic carbocycles. The summed E-state index contributed by atoms with van der Waals surface area (Å²) in [6, 6.07) is 5.30. The van der Waals surface area contributed by atoms with Crippen molar-refractivity contribution in [2.75, 3.05) is 78.5 Å². The number of nitrogens with zero attached hydrogens (tertiary/aromatic N) is 4. The second-order valence-corrected chi connectivity index (χ2v) is 25.5. The van der Waals surface area contributed by atoms with Crippen LogP contribution in [-0.2, 0) is 75.2 Å². The number of hydrogen-bond acceptors (Lipinski definition) is 19. The molecule has 1 fully saturated rings. The molecule has 0 radical (unpaired) electrons. The molecule has 1 saturated heterocycles. The van der Waals surface area contributed by atoms with Crippen LogP contribution in [0.25, 0.3) is 0 Å². The molecule has 1 aliphatic heterocycles. The number of carboxylic acid groups (broad SMARTS) is 8. The topological polar surface area (TPSA) is 494 Å². The lowest BCUT2D eigenvalue weighted by molar-refractivity contribution is -0.145. The quantitative estimate of drug-likeness (QED) is 0.0424. The van der Waals surface area contributed by atoms with Crippen molar-refractivity contribution in [2.45, 2.75) is 185 Å². The zero-order valence-electron chi connectivity index (χ0n) is 57.0. The highest BCUT2D eigenvalue weighted by molar-refractivity contribution is 5.94. The molecule has 2 aromatic rings. The maximum absolute atomic E-state index is 14.8. The average molecular weight is 1410 g/mol. The van der Waals surface area contributed by atoms with Crippen molar-refractivity contribution in [3.8, 4) is 5.75 Å². The highest BCUT2D eigenvalue weighted by Crippen LogP contribution is 2.28. The predicted molar refractivity (Wildman–Crippen MR) is 359 cm³/mol. The number of Topliss-reactive ketones (excluding diaryl/α,β-unsaturated/α-hetero) is 2. The summed E-state index contributed by atoms with van der Waals surface area (Å²) < 4.78 is 0. The number of benzene rings is 2. The number of phenolic OH excluding ortho intramolecular Hbond substituents is 1. The van der Waals surface area contributed by atoms with Crippen LogP contribution < -0.4 is 26.6 Å². The van der Waals surface area contributed by atoms with Gasteiger partial charge in [0.25, 0.3) is 0 Å². The van der Waals surface area contributed by atoms with Gasteiger partial charge in [-0.25, -0.2) is 19.2 Å². The number of phenols is 1. The number of carbonyl (C=O) groups is 14. The fourth-order valence-electron chi connectivity index (χ4n) is 11.5. The molecule has 100 heavy (non-hydrogen) atoms. The number of rotatable bonds is 48. The van der Waals surface area contributed by atoms with Gasteiger partial charge in [0.2, 0.25) is 17.7 Å². The first-order valence-electron chi connectivity index (χ1n) is 33.9. The lowest BCUT2D eigenvalue weighted by Gasteiger charge is -2.35. The number of nitrogens with one attached hydrogen (secondary N) is 5. The van der Waals surface area contributed by atoms with Gasteiger partial charge >= 0.3 is 53.8 Å². The zero-order valence-corrected chi connectivity index (χ0v) is 57.0. The lowest BCUT2D eigenvalue weighted by atomic mass is 9.88. The SMILES string of the molecule is CC(C)c1cc(C[C@@H](NC(=O)CC[C@H](C(=O)O)N2CCN(CC(=O)O)CCN(CC(=O)O)CCN(CC(=O)O)CC2)C(=O)C[C@H](Cc2ccccc2)C(=O)N[C@H](CCCCNC(=O)CCCCCCC(=O)CCCCC[C@H](NC(=O)N[C@@H](CCC(=O)O)C(=O)O)C(=O)O)C(=O)O)ccc1O. The normalized spacial score (nSPS) is 15.4. The predicted octanol–water partition coefficient (Wildman–Crippen LogP) is 2.86. The second-order valence-electron chi connectivity index (χ2n) is 25.5. The molecule has 2 aromatic carbocycles. The molecule has 0 saturated carbocycles. The van der Waals surface area contributed by atoms with Crippen LogP contribution in [0.2, 0.25) is 0 Å². The molecule has 1 heterocycles. The number of urea groups is 1. The van der Waals surface area contributed by atoms with Gasteiger partial charge in [-0.1, -0.05) is 82.0 Å². The Hall–Kier alpha value is -9.14. The molecule has 0 bridgehead atoms. The van der Waals surface area contributed by atoms with Crippen molar-refractivity contribution in [2.24, 2.45) is 5.92 Å². The van der Waals surface area contributed by atoms with Gasteiger partial charge in [-0.05, 0) is 99.3 Å². The fourth-order valence-corrected chi connectivity index (χ4v) is 11.5. The van der Waals surface area contributed by atoms with E-state index in [0.29, 0.717) is 74.5 Å². The van der Waals surface area contributed by atoms with Crippen LogP contribution in [0.5, 0.6) is 5.75 Å². The number of aromatic hydroxyl groups is 1. The molecule has 32 heteroatoms. The number of carboxylic acids is 8. The van der Waals surface area contributed by atoms with Crippen molar-refractivity contribution in [1.82, 2.24) is 46.2 Å². The molecule has 1 aliphatic rings. The first-order valence-corrected chi connectivity index (χ1v) is 33.9. The van der Waals surface area contributed by atoms with Crippen LogP contribution in [0, 0.1) is 5.92 Å². The Kier molecular flexibility index (Phi) is 39.4. The average Bonchev–Trinajstić information content (AvgIpc) is 0.856. The Morgan fingerprint density at radius 3 is 1.43 bits per heavy atom. The Balaban J connectivity index is 1.61. The molecule has 3 rings (SSSR count). The molecular weight excluding hydrogens is 1310 g/mol. The number of amides is 5. The zero-order chi connectivity index (χ0) is 74.3. The van der Waals surface area contributed by atoms with E-state index in [4.69, 9.17) is 5.11 Å². The maximum atomic E-state index is 14.8. The van der Waals surface area contributed by atoms with Gasteiger partial charge in [0.1, 0.15) is 35.7 Å². The van der Waals surface area contributed by atoms with Crippen LogP contribution in [0.4, 0.5) is 4.79 Å². The monoisotopic (exact) mass is 1410 g/mol. The van der Waals surface area contributed by atoms with Crippen LogP contribution in [-0.4, -0.2) is 257 Å². The Morgan fingerprint density at radius 2 is 0.930 bits per heavy atom. The van der Waals surface area contributed by atoms with Crippen LogP contribution in [0.1, 0.15) is 158 Å². The highest BCUT2D eigenvalue weighted by Gasteiger charge is 2.34. The number of hydrogen-bond donors (Lipinski definition) is 14.